The number of aryl methyl sites for hydroxylation is 2. The number of carbonyl (C=O) groups excluding carboxylic acids is 1. The lowest BCUT2D eigenvalue weighted by Gasteiger charge is -2.16. The maximum absolute atomic E-state index is 12.8. The Labute approximate surface area is 149 Å². The van der Waals surface area contributed by atoms with E-state index in [1.807, 2.05) is 26.8 Å². The van der Waals surface area contributed by atoms with E-state index >= 15 is 0 Å². The highest BCUT2D eigenvalue weighted by Gasteiger charge is 2.20. The molecule has 2 aromatic rings. The van der Waals surface area contributed by atoms with E-state index in [4.69, 9.17) is 0 Å². The minimum Gasteiger partial charge on any atom is -0.350 e. The maximum atomic E-state index is 12.8. The van der Waals surface area contributed by atoms with Crippen molar-refractivity contribution >= 4 is 21.6 Å². The summed E-state index contributed by atoms with van der Waals surface area (Å²) in [7, 11) is -3.79. The van der Waals surface area contributed by atoms with Crippen LogP contribution in [0.2, 0.25) is 0 Å². The van der Waals surface area contributed by atoms with Crippen molar-refractivity contribution in [1.29, 1.82) is 0 Å². The molecule has 5 nitrogen and oxygen atoms in total. The van der Waals surface area contributed by atoms with E-state index in [1.165, 1.54) is 0 Å². The summed E-state index contributed by atoms with van der Waals surface area (Å²) >= 11 is 0. The van der Waals surface area contributed by atoms with Crippen molar-refractivity contribution in [2.24, 2.45) is 0 Å². The van der Waals surface area contributed by atoms with Crippen LogP contribution in [0.5, 0.6) is 0 Å². The van der Waals surface area contributed by atoms with Crippen molar-refractivity contribution in [3.63, 3.8) is 0 Å². The largest absolute Gasteiger partial charge is 0.350 e. The van der Waals surface area contributed by atoms with Crippen LogP contribution in [0.15, 0.2) is 47.4 Å². The standard InChI is InChI=1S/C19H24N2O3S/c1-5-15(4)20-19(22)16-8-6-7-9-17(16)21-25(23,24)18-12-13(2)10-11-14(18)3/h6-12,15,21H,5H2,1-4H3,(H,20,22)/t15-/m0/s1. The summed E-state index contributed by atoms with van der Waals surface area (Å²) in [4.78, 5) is 12.6. The molecule has 0 aliphatic rings. The summed E-state index contributed by atoms with van der Waals surface area (Å²) in [6.07, 6.45) is 0.794. The minimum absolute atomic E-state index is 0.0104. The van der Waals surface area contributed by atoms with Gasteiger partial charge in [-0.05, 0) is 56.5 Å². The lowest BCUT2D eigenvalue weighted by atomic mass is 10.1. The van der Waals surface area contributed by atoms with Crippen LogP contribution in [-0.2, 0) is 10.0 Å². The molecule has 2 aromatic carbocycles. The fourth-order valence-electron chi connectivity index (χ4n) is 2.37. The fraction of sp³-hybridized carbons (Fsp3) is 0.316. The number of amides is 1. The average Bonchev–Trinajstić information content (AvgIpc) is 2.56. The monoisotopic (exact) mass is 360 g/mol. The summed E-state index contributed by atoms with van der Waals surface area (Å²) in [6.45, 7) is 7.46. The van der Waals surface area contributed by atoms with Gasteiger partial charge in [-0.2, -0.15) is 0 Å². The molecule has 0 aliphatic carbocycles. The second-order valence-electron chi connectivity index (χ2n) is 6.20. The van der Waals surface area contributed by atoms with E-state index in [0.29, 0.717) is 11.1 Å². The van der Waals surface area contributed by atoms with Crippen LogP contribution in [0.1, 0.15) is 41.8 Å². The first-order valence-electron chi connectivity index (χ1n) is 8.24. The number of hydrogen-bond donors (Lipinski definition) is 2. The van der Waals surface area contributed by atoms with Gasteiger partial charge in [0.05, 0.1) is 16.1 Å². The van der Waals surface area contributed by atoms with Crippen molar-refractivity contribution < 1.29 is 13.2 Å². The average molecular weight is 360 g/mol. The Morgan fingerprint density at radius 1 is 1.12 bits per heavy atom. The number of sulfonamides is 1. The van der Waals surface area contributed by atoms with Crippen LogP contribution < -0.4 is 10.0 Å². The number of carbonyl (C=O) groups is 1. The predicted octanol–water partition coefficient (Wildman–Crippen LogP) is 3.63. The van der Waals surface area contributed by atoms with Crippen molar-refractivity contribution in [2.45, 2.75) is 45.1 Å². The first kappa shape index (κ1) is 19.0. The molecule has 0 unspecified atom stereocenters. The van der Waals surface area contributed by atoms with Crippen molar-refractivity contribution in [3.8, 4) is 0 Å². The van der Waals surface area contributed by atoms with Gasteiger partial charge >= 0.3 is 0 Å². The Balaban J connectivity index is 2.37. The van der Waals surface area contributed by atoms with Gasteiger partial charge in [0.1, 0.15) is 0 Å². The topological polar surface area (TPSA) is 75.3 Å². The molecule has 0 aromatic heterocycles. The summed E-state index contributed by atoms with van der Waals surface area (Å²) < 4.78 is 28.1. The predicted molar refractivity (Wildman–Crippen MR) is 100 cm³/mol. The van der Waals surface area contributed by atoms with E-state index < -0.39 is 10.0 Å². The smallest absolute Gasteiger partial charge is 0.262 e. The summed E-state index contributed by atoms with van der Waals surface area (Å²) in [5, 5.41) is 2.86. The van der Waals surface area contributed by atoms with Gasteiger partial charge in [-0.15, -0.1) is 0 Å². The first-order chi connectivity index (χ1) is 11.7. The van der Waals surface area contributed by atoms with Crippen LogP contribution in [-0.4, -0.2) is 20.4 Å². The second kappa shape index (κ2) is 7.70. The van der Waals surface area contributed by atoms with E-state index in [-0.39, 0.29) is 22.5 Å². The third-order valence-electron chi connectivity index (χ3n) is 4.04. The van der Waals surface area contributed by atoms with Crippen molar-refractivity contribution in [3.05, 3.63) is 59.2 Å². The minimum atomic E-state index is -3.79. The van der Waals surface area contributed by atoms with Gasteiger partial charge in [0.15, 0.2) is 0 Å². The van der Waals surface area contributed by atoms with E-state index in [0.717, 1.165) is 12.0 Å². The van der Waals surface area contributed by atoms with Crippen LogP contribution in [0.3, 0.4) is 0 Å². The van der Waals surface area contributed by atoms with Gasteiger partial charge in [0.25, 0.3) is 15.9 Å². The number of rotatable bonds is 6. The zero-order chi connectivity index (χ0) is 18.6. The molecule has 0 saturated carbocycles. The molecule has 0 fully saturated rings. The molecule has 2 N–H and O–H groups in total. The Bertz CT molecular complexity index is 876. The molecular weight excluding hydrogens is 336 g/mol. The molecule has 0 saturated heterocycles. The summed E-state index contributed by atoms with van der Waals surface area (Å²) in [5.74, 6) is -0.298. The molecule has 2 rings (SSSR count). The highest BCUT2D eigenvalue weighted by atomic mass is 32.2. The van der Waals surface area contributed by atoms with E-state index in [9.17, 15) is 13.2 Å². The molecule has 6 heteroatoms. The molecule has 0 spiro atoms. The number of nitrogens with one attached hydrogen (secondary N) is 2. The van der Waals surface area contributed by atoms with Crippen LogP contribution >= 0.6 is 0 Å². The van der Waals surface area contributed by atoms with Crippen LogP contribution in [0.25, 0.3) is 0 Å². The second-order valence-corrected chi connectivity index (χ2v) is 7.85. The Kier molecular flexibility index (Phi) is 5.85. The van der Waals surface area contributed by atoms with E-state index in [2.05, 4.69) is 10.0 Å². The highest BCUT2D eigenvalue weighted by molar-refractivity contribution is 7.92. The third-order valence-corrected chi connectivity index (χ3v) is 5.55. The molecule has 0 heterocycles. The SMILES string of the molecule is CC[C@H](C)NC(=O)c1ccccc1NS(=O)(=O)c1cc(C)ccc1C. The molecule has 0 radical (unpaired) electrons. The first-order valence-corrected chi connectivity index (χ1v) is 9.73. The van der Waals surface area contributed by atoms with Gasteiger partial charge in [-0.1, -0.05) is 31.2 Å². The number of benzene rings is 2. The molecular formula is C19H24N2O3S. The number of para-hydroxylation sites is 1. The van der Waals surface area contributed by atoms with Gasteiger partial charge in [0, 0.05) is 6.04 Å². The van der Waals surface area contributed by atoms with Crippen molar-refractivity contribution in [2.75, 3.05) is 4.72 Å². The maximum Gasteiger partial charge on any atom is 0.262 e. The third kappa shape index (κ3) is 4.60. The van der Waals surface area contributed by atoms with Crippen LogP contribution in [0, 0.1) is 13.8 Å². The van der Waals surface area contributed by atoms with Gasteiger partial charge in [-0.3, -0.25) is 9.52 Å². The Hall–Kier alpha value is -2.34. The number of anilines is 1. The molecule has 0 bridgehead atoms. The number of hydrogen-bond acceptors (Lipinski definition) is 3. The normalized spacial score (nSPS) is 12.5. The summed E-state index contributed by atoms with van der Waals surface area (Å²) in [5.41, 5.74) is 2.08. The van der Waals surface area contributed by atoms with Gasteiger partial charge in [0.2, 0.25) is 0 Å². The Morgan fingerprint density at radius 3 is 2.48 bits per heavy atom. The summed E-state index contributed by atoms with van der Waals surface area (Å²) in [6, 6.07) is 11.9. The zero-order valence-electron chi connectivity index (χ0n) is 15.0. The molecule has 134 valence electrons. The quantitative estimate of drug-likeness (QED) is 0.826. The highest BCUT2D eigenvalue weighted by Crippen LogP contribution is 2.23. The zero-order valence-corrected chi connectivity index (χ0v) is 15.8. The molecule has 0 aliphatic heterocycles. The lowest BCUT2D eigenvalue weighted by molar-refractivity contribution is 0.0940. The van der Waals surface area contributed by atoms with Gasteiger partial charge in [-0.25, -0.2) is 8.42 Å². The van der Waals surface area contributed by atoms with Gasteiger partial charge < -0.3 is 5.32 Å². The molecule has 25 heavy (non-hydrogen) atoms. The van der Waals surface area contributed by atoms with Crippen LogP contribution in [0.4, 0.5) is 5.69 Å². The fourth-order valence-corrected chi connectivity index (χ4v) is 3.78. The molecule has 1 atom stereocenters. The van der Waals surface area contributed by atoms with Crippen molar-refractivity contribution in [1.82, 2.24) is 5.32 Å². The molecule has 1 amide bonds. The Morgan fingerprint density at radius 2 is 1.80 bits per heavy atom. The lowest BCUT2D eigenvalue weighted by Crippen LogP contribution is -2.32. The van der Waals surface area contributed by atoms with E-state index in [1.54, 1.807) is 43.3 Å².